The molecule has 0 fully saturated rings. The molecule has 0 heterocycles. The van der Waals surface area contributed by atoms with Gasteiger partial charge >= 0.3 is 0 Å². The van der Waals surface area contributed by atoms with Gasteiger partial charge in [-0.25, -0.2) is 0 Å². The molecular formula is C21H26. The third-order valence-corrected chi connectivity index (χ3v) is 4.33. The molecule has 2 rings (SSSR count). The predicted octanol–water partition coefficient (Wildman–Crippen LogP) is 6.52. The van der Waals surface area contributed by atoms with Gasteiger partial charge in [0.15, 0.2) is 0 Å². The highest BCUT2D eigenvalue weighted by molar-refractivity contribution is 5.63. The van der Waals surface area contributed by atoms with Crippen molar-refractivity contribution in [2.75, 3.05) is 0 Å². The fraction of sp³-hybridized carbons (Fsp3) is 0.333. The Kier molecular flexibility index (Phi) is 5.38. The lowest BCUT2D eigenvalue weighted by atomic mass is 9.87. The van der Waals surface area contributed by atoms with E-state index in [1.807, 2.05) is 6.08 Å². The van der Waals surface area contributed by atoms with Crippen molar-refractivity contribution in [3.05, 3.63) is 70.8 Å². The van der Waals surface area contributed by atoms with Crippen LogP contribution in [0.4, 0.5) is 0 Å². The van der Waals surface area contributed by atoms with Gasteiger partial charge in [-0.3, -0.25) is 0 Å². The average molecular weight is 278 g/mol. The summed E-state index contributed by atoms with van der Waals surface area (Å²) in [5.74, 6) is 0.624. The maximum absolute atomic E-state index is 3.92. The van der Waals surface area contributed by atoms with Crippen molar-refractivity contribution >= 4 is 12.2 Å². The molecule has 0 saturated carbocycles. The fourth-order valence-corrected chi connectivity index (χ4v) is 2.95. The van der Waals surface area contributed by atoms with Gasteiger partial charge in [-0.2, -0.15) is 0 Å². The van der Waals surface area contributed by atoms with Gasteiger partial charge in [0.2, 0.25) is 0 Å². The molecule has 0 radical (unpaired) electrons. The van der Waals surface area contributed by atoms with Crippen molar-refractivity contribution in [1.29, 1.82) is 0 Å². The second-order valence-corrected chi connectivity index (χ2v) is 5.72. The standard InChI is InChI=1S/C21H26/c1-5-18(6-2)19(7-3)13-11-17-12-14-20-10-8-9-16(4)21(20)15-17/h5,8,10-16H,1,6-7,9H2,2-4H3/b13-11-,19-18+. The molecule has 110 valence electrons. The molecular weight excluding hydrogens is 252 g/mol. The van der Waals surface area contributed by atoms with Crippen LogP contribution in [0.15, 0.2) is 54.2 Å². The van der Waals surface area contributed by atoms with Gasteiger partial charge in [0.1, 0.15) is 0 Å². The van der Waals surface area contributed by atoms with Crippen LogP contribution in [0, 0.1) is 0 Å². The summed E-state index contributed by atoms with van der Waals surface area (Å²) in [5.41, 5.74) is 6.88. The van der Waals surface area contributed by atoms with Crippen LogP contribution < -0.4 is 0 Å². The number of hydrogen-bond acceptors (Lipinski definition) is 0. The quantitative estimate of drug-likeness (QED) is 0.538. The number of hydrogen-bond donors (Lipinski definition) is 0. The maximum Gasteiger partial charge on any atom is -0.0150 e. The van der Waals surface area contributed by atoms with E-state index in [9.17, 15) is 0 Å². The van der Waals surface area contributed by atoms with Gasteiger partial charge < -0.3 is 0 Å². The molecule has 0 bridgehead atoms. The number of allylic oxidation sites excluding steroid dienone is 5. The zero-order chi connectivity index (χ0) is 15.2. The van der Waals surface area contributed by atoms with Crippen LogP contribution in [0.1, 0.15) is 62.6 Å². The SMILES string of the molecule is C=C/C(CC)=C(\C=C/c1ccc2c(c1)C(C)CC=C2)CC. The normalized spacial score (nSPS) is 18.5. The Labute approximate surface area is 129 Å². The minimum absolute atomic E-state index is 0.624. The van der Waals surface area contributed by atoms with Crippen molar-refractivity contribution in [3.8, 4) is 0 Å². The summed E-state index contributed by atoms with van der Waals surface area (Å²) in [6.07, 6.45) is 14.2. The highest BCUT2D eigenvalue weighted by Gasteiger charge is 2.12. The Bertz CT molecular complexity index is 596. The summed E-state index contributed by atoms with van der Waals surface area (Å²) >= 11 is 0. The first-order chi connectivity index (χ1) is 10.2. The molecule has 1 aromatic carbocycles. The summed E-state index contributed by atoms with van der Waals surface area (Å²) in [6.45, 7) is 10.6. The van der Waals surface area contributed by atoms with Crippen molar-refractivity contribution in [2.24, 2.45) is 0 Å². The van der Waals surface area contributed by atoms with E-state index in [0.717, 1.165) is 19.3 Å². The third kappa shape index (κ3) is 3.64. The van der Waals surface area contributed by atoms with Gasteiger partial charge in [0.05, 0.1) is 0 Å². The van der Waals surface area contributed by atoms with Crippen molar-refractivity contribution in [2.45, 2.75) is 46.0 Å². The molecule has 0 spiro atoms. The van der Waals surface area contributed by atoms with Crippen molar-refractivity contribution < 1.29 is 0 Å². The Morgan fingerprint density at radius 1 is 1.24 bits per heavy atom. The molecule has 1 atom stereocenters. The first-order valence-corrected chi connectivity index (χ1v) is 8.02. The largest absolute Gasteiger partial charge is 0.0988 e. The topological polar surface area (TPSA) is 0 Å². The molecule has 21 heavy (non-hydrogen) atoms. The lowest BCUT2D eigenvalue weighted by Crippen LogP contribution is -1.99. The minimum atomic E-state index is 0.624. The Morgan fingerprint density at radius 2 is 2.00 bits per heavy atom. The van der Waals surface area contributed by atoms with E-state index in [-0.39, 0.29) is 0 Å². The maximum atomic E-state index is 3.92. The fourth-order valence-electron chi connectivity index (χ4n) is 2.95. The van der Waals surface area contributed by atoms with Crippen LogP contribution in [-0.4, -0.2) is 0 Å². The van der Waals surface area contributed by atoms with Crippen molar-refractivity contribution in [1.82, 2.24) is 0 Å². The second-order valence-electron chi connectivity index (χ2n) is 5.72. The number of rotatable bonds is 5. The second kappa shape index (κ2) is 7.26. The van der Waals surface area contributed by atoms with E-state index in [0.29, 0.717) is 5.92 Å². The lowest BCUT2D eigenvalue weighted by Gasteiger charge is -2.18. The molecule has 0 nitrogen and oxygen atoms in total. The van der Waals surface area contributed by atoms with Crippen LogP contribution in [0.5, 0.6) is 0 Å². The van der Waals surface area contributed by atoms with Crippen LogP contribution in [-0.2, 0) is 0 Å². The van der Waals surface area contributed by atoms with Crippen LogP contribution in [0.25, 0.3) is 12.2 Å². The average Bonchev–Trinajstić information content (AvgIpc) is 2.52. The third-order valence-electron chi connectivity index (χ3n) is 4.33. The van der Waals surface area contributed by atoms with Crippen molar-refractivity contribution in [3.63, 3.8) is 0 Å². The summed E-state index contributed by atoms with van der Waals surface area (Å²) < 4.78 is 0. The van der Waals surface area contributed by atoms with Gasteiger partial charge in [0.25, 0.3) is 0 Å². The van der Waals surface area contributed by atoms with E-state index in [1.165, 1.54) is 27.8 Å². The Hall–Kier alpha value is -1.82. The van der Waals surface area contributed by atoms with E-state index in [4.69, 9.17) is 0 Å². The molecule has 0 saturated heterocycles. The van der Waals surface area contributed by atoms with E-state index >= 15 is 0 Å². The zero-order valence-electron chi connectivity index (χ0n) is 13.5. The summed E-state index contributed by atoms with van der Waals surface area (Å²) in [4.78, 5) is 0. The minimum Gasteiger partial charge on any atom is -0.0988 e. The molecule has 0 aliphatic heterocycles. The zero-order valence-corrected chi connectivity index (χ0v) is 13.5. The molecule has 0 aromatic heterocycles. The smallest absolute Gasteiger partial charge is 0.0150 e. The molecule has 1 aliphatic carbocycles. The Balaban J connectivity index is 2.30. The molecule has 1 unspecified atom stereocenters. The molecule has 0 heteroatoms. The van der Waals surface area contributed by atoms with E-state index in [2.05, 4.69) is 69.9 Å². The van der Waals surface area contributed by atoms with Crippen LogP contribution in [0.3, 0.4) is 0 Å². The summed E-state index contributed by atoms with van der Waals surface area (Å²) in [7, 11) is 0. The molecule has 0 amide bonds. The molecule has 1 aromatic rings. The molecule has 0 N–H and O–H groups in total. The van der Waals surface area contributed by atoms with Crippen LogP contribution >= 0.6 is 0 Å². The first-order valence-electron chi connectivity index (χ1n) is 8.02. The summed E-state index contributed by atoms with van der Waals surface area (Å²) in [5, 5.41) is 0. The van der Waals surface area contributed by atoms with Gasteiger partial charge in [-0.05, 0) is 53.0 Å². The summed E-state index contributed by atoms with van der Waals surface area (Å²) in [6, 6.07) is 6.79. The lowest BCUT2D eigenvalue weighted by molar-refractivity contribution is 0.771. The van der Waals surface area contributed by atoms with E-state index in [1.54, 1.807) is 0 Å². The van der Waals surface area contributed by atoms with E-state index < -0.39 is 0 Å². The highest BCUT2D eigenvalue weighted by Crippen LogP contribution is 2.30. The number of fused-ring (bicyclic) bond motifs is 1. The first kappa shape index (κ1) is 15.6. The monoisotopic (exact) mass is 278 g/mol. The van der Waals surface area contributed by atoms with Gasteiger partial charge in [0, 0.05) is 0 Å². The highest BCUT2D eigenvalue weighted by atomic mass is 14.2. The van der Waals surface area contributed by atoms with Crippen LogP contribution in [0.2, 0.25) is 0 Å². The van der Waals surface area contributed by atoms with Gasteiger partial charge in [-0.15, -0.1) is 0 Å². The van der Waals surface area contributed by atoms with Gasteiger partial charge in [-0.1, -0.05) is 75.9 Å². The number of benzene rings is 1. The predicted molar refractivity (Wildman–Crippen MR) is 95.3 cm³/mol. The Morgan fingerprint density at radius 3 is 2.67 bits per heavy atom. The molecule has 1 aliphatic rings.